The van der Waals surface area contributed by atoms with Gasteiger partial charge in [0.1, 0.15) is 23.0 Å². The number of nitrogens with zero attached hydrogens (tertiary/aromatic N) is 1. The van der Waals surface area contributed by atoms with Crippen molar-refractivity contribution in [3.8, 4) is 23.0 Å². The van der Waals surface area contributed by atoms with Crippen LogP contribution in [0.3, 0.4) is 0 Å². The summed E-state index contributed by atoms with van der Waals surface area (Å²) >= 11 is 0. The number of para-hydroxylation sites is 2. The van der Waals surface area contributed by atoms with E-state index in [1.165, 1.54) is 44.1 Å². The topological polar surface area (TPSA) is 23.4 Å². The van der Waals surface area contributed by atoms with Crippen molar-refractivity contribution in [2.24, 2.45) is 7.05 Å². The largest absolute Gasteiger partial charge is 0.457 e. The fraction of sp³-hybridized carbons (Fsp3) is 0.226. The maximum absolute atomic E-state index is 6.41. The van der Waals surface area contributed by atoms with Crippen LogP contribution in [-0.4, -0.2) is 4.57 Å². The van der Waals surface area contributed by atoms with Gasteiger partial charge in [-0.1, -0.05) is 64.1 Å². The molecule has 0 radical (unpaired) electrons. The van der Waals surface area contributed by atoms with E-state index < -0.39 is 0 Å². The van der Waals surface area contributed by atoms with E-state index in [-0.39, 0.29) is 10.8 Å². The third-order valence-corrected chi connectivity index (χ3v) is 8.12. The van der Waals surface area contributed by atoms with Crippen molar-refractivity contribution in [2.75, 3.05) is 0 Å². The van der Waals surface area contributed by atoms with Gasteiger partial charge in [0.2, 0.25) is 0 Å². The van der Waals surface area contributed by atoms with Crippen LogP contribution in [0.4, 0.5) is 0 Å². The van der Waals surface area contributed by atoms with Crippen LogP contribution < -0.4 is 9.47 Å². The van der Waals surface area contributed by atoms with Crippen molar-refractivity contribution in [3.63, 3.8) is 0 Å². The highest BCUT2D eigenvalue weighted by Gasteiger charge is 2.37. The average molecular weight is 446 g/mol. The van der Waals surface area contributed by atoms with Crippen LogP contribution in [0.2, 0.25) is 0 Å². The third-order valence-electron chi connectivity index (χ3n) is 8.12. The molecular formula is C31H27NO2. The summed E-state index contributed by atoms with van der Waals surface area (Å²) in [5.41, 5.74) is 6.96. The maximum Gasteiger partial charge on any atom is 0.133 e. The molecule has 168 valence electrons. The van der Waals surface area contributed by atoms with Crippen LogP contribution in [0.5, 0.6) is 23.0 Å². The second-order valence-electron chi connectivity index (χ2n) is 10.7. The zero-order valence-corrected chi connectivity index (χ0v) is 20.2. The summed E-state index contributed by atoms with van der Waals surface area (Å²) in [7, 11) is 2.13. The fourth-order valence-electron chi connectivity index (χ4n) is 6.07. The quantitative estimate of drug-likeness (QED) is 0.240. The van der Waals surface area contributed by atoms with Crippen LogP contribution in [-0.2, 0) is 17.9 Å². The summed E-state index contributed by atoms with van der Waals surface area (Å²) in [4.78, 5) is 0. The number of rotatable bonds is 0. The minimum absolute atomic E-state index is 0.143. The lowest BCUT2D eigenvalue weighted by molar-refractivity contribution is 0.418. The molecule has 7 rings (SSSR count). The first-order valence-electron chi connectivity index (χ1n) is 11.9. The summed E-state index contributed by atoms with van der Waals surface area (Å²) in [5.74, 6) is 3.77. The second kappa shape index (κ2) is 6.24. The van der Waals surface area contributed by atoms with E-state index >= 15 is 0 Å². The number of ether oxygens (including phenoxy) is 2. The van der Waals surface area contributed by atoms with Crippen LogP contribution >= 0.6 is 0 Å². The van der Waals surface area contributed by atoms with Crippen molar-refractivity contribution in [2.45, 2.75) is 38.5 Å². The molecule has 3 heteroatoms. The fourth-order valence-corrected chi connectivity index (χ4v) is 6.07. The van der Waals surface area contributed by atoms with Gasteiger partial charge in [0.05, 0.1) is 11.0 Å². The number of benzene rings is 4. The Bertz CT molecular complexity index is 1550. The lowest BCUT2D eigenvalue weighted by Crippen LogP contribution is -2.24. The molecule has 0 saturated heterocycles. The van der Waals surface area contributed by atoms with Crippen molar-refractivity contribution < 1.29 is 9.47 Å². The summed E-state index contributed by atoms with van der Waals surface area (Å²) < 4.78 is 15.1. The van der Waals surface area contributed by atoms with E-state index in [4.69, 9.17) is 9.47 Å². The molecule has 0 unspecified atom stereocenters. The van der Waals surface area contributed by atoms with Crippen LogP contribution in [0.15, 0.2) is 72.8 Å². The van der Waals surface area contributed by atoms with Gasteiger partial charge in [-0.2, -0.15) is 0 Å². The Labute approximate surface area is 199 Å². The predicted molar refractivity (Wildman–Crippen MR) is 138 cm³/mol. The number of fused-ring (bicyclic) bond motifs is 7. The first-order chi connectivity index (χ1) is 16.3. The maximum atomic E-state index is 6.41. The van der Waals surface area contributed by atoms with Gasteiger partial charge < -0.3 is 14.0 Å². The van der Waals surface area contributed by atoms with Gasteiger partial charge in [0, 0.05) is 63.0 Å². The highest BCUT2D eigenvalue weighted by atomic mass is 16.5. The molecule has 0 fully saturated rings. The monoisotopic (exact) mass is 445 g/mol. The van der Waals surface area contributed by atoms with E-state index in [1.807, 2.05) is 12.1 Å². The van der Waals surface area contributed by atoms with Crippen LogP contribution in [0, 0.1) is 0 Å². The molecule has 34 heavy (non-hydrogen) atoms. The molecule has 2 aliphatic heterocycles. The molecule has 0 amide bonds. The van der Waals surface area contributed by atoms with Gasteiger partial charge >= 0.3 is 0 Å². The summed E-state index contributed by atoms with van der Waals surface area (Å²) in [6.45, 7) is 9.17. The summed E-state index contributed by atoms with van der Waals surface area (Å²) in [5, 5.41) is 2.51. The molecule has 2 aliphatic rings. The van der Waals surface area contributed by atoms with Gasteiger partial charge in [-0.3, -0.25) is 0 Å². The number of aromatic nitrogens is 1. The lowest BCUT2D eigenvalue weighted by atomic mass is 9.74. The molecule has 0 bridgehead atoms. The van der Waals surface area contributed by atoms with Gasteiger partial charge in [0.25, 0.3) is 0 Å². The molecule has 3 heterocycles. The summed E-state index contributed by atoms with van der Waals surface area (Å²) in [6, 6.07) is 25.9. The van der Waals surface area contributed by atoms with Crippen LogP contribution in [0.25, 0.3) is 21.8 Å². The Hall–Kier alpha value is -3.72. The zero-order valence-electron chi connectivity index (χ0n) is 20.2. The van der Waals surface area contributed by atoms with E-state index in [9.17, 15) is 0 Å². The Balaban J connectivity index is 1.52. The number of hydrogen-bond donors (Lipinski definition) is 0. The minimum Gasteiger partial charge on any atom is -0.457 e. The Morgan fingerprint density at radius 2 is 0.941 bits per heavy atom. The van der Waals surface area contributed by atoms with Gasteiger partial charge in [-0.25, -0.2) is 0 Å². The molecule has 3 nitrogen and oxygen atoms in total. The molecule has 0 aliphatic carbocycles. The SMILES string of the molecule is Cn1c2cc3c(cc2c2cc4c(cc21)Oc1ccccc1C4(C)C)C(C)(C)c1ccccc1O3. The molecule has 0 N–H and O–H groups in total. The predicted octanol–water partition coefficient (Wildman–Crippen LogP) is 8.19. The lowest BCUT2D eigenvalue weighted by Gasteiger charge is -2.35. The Kier molecular flexibility index (Phi) is 3.62. The molecule has 5 aromatic rings. The van der Waals surface area contributed by atoms with Gasteiger partial charge in [-0.05, 0) is 24.3 Å². The van der Waals surface area contributed by atoms with Crippen molar-refractivity contribution in [1.29, 1.82) is 0 Å². The van der Waals surface area contributed by atoms with Crippen molar-refractivity contribution in [1.82, 2.24) is 4.57 Å². The number of hydrogen-bond acceptors (Lipinski definition) is 2. The van der Waals surface area contributed by atoms with E-state index in [1.54, 1.807) is 0 Å². The smallest absolute Gasteiger partial charge is 0.133 e. The molecule has 1 aromatic heterocycles. The standard InChI is InChI=1S/C31H27NO2/c1-30(2)20-10-6-8-12-26(20)33-28-16-24-18(14-22(28)30)19-15-23-29(17-25(19)32(24)5)34-27-13-9-7-11-21(27)31(23,3)4/h6-17H,1-5H3. The number of aryl methyl sites for hydroxylation is 1. The van der Waals surface area contributed by atoms with Crippen LogP contribution in [0.1, 0.15) is 49.9 Å². The third kappa shape index (κ3) is 2.37. The van der Waals surface area contributed by atoms with Gasteiger partial charge in [0.15, 0.2) is 0 Å². The van der Waals surface area contributed by atoms with Crippen molar-refractivity contribution in [3.05, 3.63) is 95.1 Å². The van der Waals surface area contributed by atoms with E-state index in [0.29, 0.717) is 0 Å². The summed E-state index contributed by atoms with van der Waals surface area (Å²) in [6.07, 6.45) is 0. The highest BCUT2D eigenvalue weighted by molar-refractivity contribution is 6.10. The first-order valence-corrected chi connectivity index (χ1v) is 11.9. The Morgan fingerprint density at radius 1 is 0.529 bits per heavy atom. The molecule has 4 aromatic carbocycles. The van der Waals surface area contributed by atoms with Gasteiger partial charge in [-0.15, -0.1) is 0 Å². The molecule has 0 spiro atoms. The van der Waals surface area contributed by atoms with E-state index in [0.717, 1.165) is 23.0 Å². The van der Waals surface area contributed by atoms with Crippen molar-refractivity contribution >= 4 is 21.8 Å². The first kappa shape index (κ1) is 19.7. The molecule has 0 atom stereocenters. The zero-order chi connectivity index (χ0) is 23.4. The second-order valence-corrected chi connectivity index (χ2v) is 10.7. The Morgan fingerprint density at radius 3 is 1.38 bits per heavy atom. The minimum atomic E-state index is -0.143. The normalized spacial score (nSPS) is 16.7. The molecular weight excluding hydrogens is 418 g/mol. The van der Waals surface area contributed by atoms with E-state index in [2.05, 4.69) is 100.0 Å². The average Bonchev–Trinajstić information content (AvgIpc) is 3.08. The highest BCUT2D eigenvalue weighted by Crippen LogP contribution is 2.52. The molecule has 0 saturated carbocycles.